The van der Waals surface area contributed by atoms with Crippen molar-refractivity contribution in [3.63, 3.8) is 0 Å². The maximum Gasteiger partial charge on any atom is 0.409 e. The van der Waals surface area contributed by atoms with Crippen molar-refractivity contribution in [3.05, 3.63) is 39.9 Å². The third-order valence-electron chi connectivity index (χ3n) is 4.50. The van der Waals surface area contributed by atoms with Crippen molar-refractivity contribution in [1.29, 1.82) is 0 Å². The number of carbonyl (C=O) groups excluding carboxylic acids is 2. The molecule has 1 aromatic carbocycles. The Morgan fingerprint density at radius 1 is 1.22 bits per heavy atom. The van der Waals surface area contributed by atoms with Gasteiger partial charge in [0.1, 0.15) is 11.4 Å². The summed E-state index contributed by atoms with van der Waals surface area (Å²) < 4.78 is 24.2. The predicted molar refractivity (Wildman–Crippen MR) is 96.7 cm³/mol. The van der Waals surface area contributed by atoms with Crippen LogP contribution >= 0.6 is 0 Å². The number of halogens is 1. The Bertz CT molecular complexity index is 934. The Balaban J connectivity index is 1.90. The van der Waals surface area contributed by atoms with E-state index in [1.807, 2.05) is 0 Å². The monoisotopic (exact) mass is 377 g/mol. The van der Waals surface area contributed by atoms with E-state index in [9.17, 15) is 18.8 Å². The molecule has 0 spiro atoms. The Labute approximate surface area is 154 Å². The second-order valence-electron chi connectivity index (χ2n) is 6.05. The quantitative estimate of drug-likeness (QED) is 0.819. The highest BCUT2D eigenvalue weighted by atomic mass is 19.1. The van der Waals surface area contributed by atoms with Crippen molar-refractivity contribution < 1.29 is 23.5 Å². The molecule has 1 aliphatic rings. The minimum absolute atomic E-state index is 0.0787. The van der Waals surface area contributed by atoms with Gasteiger partial charge in [0, 0.05) is 37.8 Å². The summed E-state index contributed by atoms with van der Waals surface area (Å²) in [4.78, 5) is 42.1. The van der Waals surface area contributed by atoms with Crippen LogP contribution in [0.4, 0.5) is 14.9 Å². The van der Waals surface area contributed by atoms with Crippen LogP contribution in [0.15, 0.2) is 23.1 Å². The van der Waals surface area contributed by atoms with Crippen molar-refractivity contribution >= 4 is 28.7 Å². The van der Waals surface area contributed by atoms with E-state index >= 15 is 0 Å². The van der Waals surface area contributed by atoms with E-state index in [2.05, 4.69) is 9.72 Å². The van der Waals surface area contributed by atoms with E-state index < -0.39 is 23.3 Å². The number of nitrogens with zero attached hydrogens (tertiary/aromatic N) is 2. The normalized spacial score (nSPS) is 14.3. The number of aromatic amines is 1. The molecule has 9 heteroatoms. The van der Waals surface area contributed by atoms with Crippen LogP contribution in [0.1, 0.15) is 17.3 Å². The predicted octanol–water partition coefficient (Wildman–Crippen LogP) is 1.73. The van der Waals surface area contributed by atoms with Crippen molar-refractivity contribution in [2.24, 2.45) is 0 Å². The zero-order valence-corrected chi connectivity index (χ0v) is 15.1. The number of carbonyl (C=O) groups is 2. The summed E-state index contributed by atoms with van der Waals surface area (Å²) >= 11 is 0. The zero-order chi connectivity index (χ0) is 19.6. The number of methoxy groups -OCH3 is 1. The molecule has 144 valence electrons. The molecular weight excluding hydrogens is 357 g/mol. The summed E-state index contributed by atoms with van der Waals surface area (Å²) in [7, 11) is 1.32. The molecular formula is C18H20FN3O5. The number of fused-ring (bicyclic) bond motifs is 1. The first kappa shape index (κ1) is 18.7. The summed E-state index contributed by atoms with van der Waals surface area (Å²) in [5, 5.41) is 0.0787. The lowest BCUT2D eigenvalue weighted by Gasteiger charge is -2.35. The minimum atomic E-state index is -0.746. The van der Waals surface area contributed by atoms with E-state index in [1.165, 1.54) is 19.4 Å². The standard InChI is InChI=1S/C18H20FN3O5/c1-3-27-17(24)12-10-20-14-9-15(13(19)8-11(14)16(12)23)21-4-6-22(7-5-21)18(25)26-2/h8-10H,3-7H2,1-2H3,(H,20,23). The van der Waals surface area contributed by atoms with Gasteiger partial charge in [-0.25, -0.2) is 14.0 Å². The molecule has 3 rings (SSSR count). The number of esters is 1. The molecule has 0 atom stereocenters. The number of benzene rings is 1. The van der Waals surface area contributed by atoms with Gasteiger partial charge >= 0.3 is 12.1 Å². The first-order valence-corrected chi connectivity index (χ1v) is 8.56. The number of nitrogens with one attached hydrogen (secondary N) is 1. The topological polar surface area (TPSA) is 91.9 Å². The summed E-state index contributed by atoms with van der Waals surface area (Å²) in [5.74, 6) is -1.32. The molecule has 1 amide bonds. The van der Waals surface area contributed by atoms with Gasteiger partial charge in [-0.15, -0.1) is 0 Å². The highest BCUT2D eigenvalue weighted by Crippen LogP contribution is 2.25. The van der Waals surface area contributed by atoms with E-state index in [1.54, 1.807) is 16.7 Å². The van der Waals surface area contributed by atoms with Crippen LogP contribution < -0.4 is 10.3 Å². The van der Waals surface area contributed by atoms with Gasteiger partial charge in [-0.3, -0.25) is 4.79 Å². The average Bonchev–Trinajstić information content (AvgIpc) is 2.68. The number of anilines is 1. The zero-order valence-electron chi connectivity index (χ0n) is 15.1. The number of H-pyrrole nitrogens is 1. The summed E-state index contributed by atoms with van der Waals surface area (Å²) in [6.07, 6.45) is 0.865. The summed E-state index contributed by atoms with van der Waals surface area (Å²) in [5.41, 5.74) is -0.00208. The molecule has 1 saturated heterocycles. The van der Waals surface area contributed by atoms with Crippen molar-refractivity contribution in [3.8, 4) is 0 Å². The lowest BCUT2D eigenvalue weighted by molar-refractivity contribution is 0.0524. The molecule has 1 fully saturated rings. The molecule has 1 aliphatic heterocycles. The smallest absolute Gasteiger partial charge is 0.409 e. The third-order valence-corrected chi connectivity index (χ3v) is 4.50. The average molecular weight is 377 g/mol. The van der Waals surface area contributed by atoms with Gasteiger partial charge in [0.25, 0.3) is 0 Å². The van der Waals surface area contributed by atoms with Crippen LogP contribution in [0.2, 0.25) is 0 Å². The molecule has 0 aliphatic carbocycles. The van der Waals surface area contributed by atoms with E-state index in [0.717, 1.165) is 6.07 Å². The Kier molecular flexibility index (Phi) is 5.29. The van der Waals surface area contributed by atoms with Crippen molar-refractivity contribution in [2.75, 3.05) is 44.8 Å². The molecule has 8 nitrogen and oxygen atoms in total. The Morgan fingerprint density at radius 2 is 1.93 bits per heavy atom. The highest BCUT2D eigenvalue weighted by molar-refractivity contribution is 5.94. The molecule has 0 radical (unpaired) electrons. The van der Waals surface area contributed by atoms with Crippen molar-refractivity contribution in [2.45, 2.75) is 6.92 Å². The Hall–Kier alpha value is -3.10. The van der Waals surface area contributed by atoms with Crippen LogP contribution in [0.3, 0.4) is 0 Å². The molecule has 1 aromatic heterocycles. The molecule has 1 N–H and O–H groups in total. The lowest BCUT2D eigenvalue weighted by atomic mass is 10.1. The van der Waals surface area contributed by atoms with Gasteiger partial charge in [-0.1, -0.05) is 0 Å². The Morgan fingerprint density at radius 3 is 2.56 bits per heavy atom. The number of amides is 1. The van der Waals surface area contributed by atoms with Crippen LogP contribution in [0.25, 0.3) is 10.9 Å². The third kappa shape index (κ3) is 3.57. The van der Waals surface area contributed by atoms with Gasteiger partial charge in [0.05, 0.1) is 24.9 Å². The van der Waals surface area contributed by atoms with Gasteiger partial charge < -0.3 is 24.3 Å². The second kappa shape index (κ2) is 7.65. The number of rotatable bonds is 3. The molecule has 2 heterocycles. The molecule has 0 bridgehead atoms. The number of pyridine rings is 1. The molecule has 0 unspecified atom stereocenters. The summed E-state index contributed by atoms with van der Waals surface area (Å²) in [6, 6.07) is 2.66. The fourth-order valence-corrected chi connectivity index (χ4v) is 3.09. The van der Waals surface area contributed by atoms with E-state index in [0.29, 0.717) is 37.4 Å². The first-order chi connectivity index (χ1) is 13.0. The van der Waals surface area contributed by atoms with Gasteiger partial charge in [0.15, 0.2) is 0 Å². The molecule has 0 saturated carbocycles. The molecule has 27 heavy (non-hydrogen) atoms. The second-order valence-corrected chi connectivity index (χ2v) is 6.05. The van der Waals surface area contributed by atoms with Gasteiger partial charge in [-0.2, -0.15) is 0 Å². The van der Waals surface area contributed by atoms with E-state index in [4.69, 9.17) is 4.74 Å². The van der Waals surface area contributed by atoms with Crippen LogP contribution in [0.5, 0.6) is 0 Å². The maximum atomic E-state index is 14.7. The fourth-order valence-electron chi connectivity index (χ4n) is 3.09. The molecule has 2 aromatic rings. The number of ether oxygens (including phenoxy) is 2. The van der Waals surface area contributed by atoms with Gasteiger partial charge in [0.2, 0.25) is 5.43 Å². The SMILES string of the molecule is CCOC(=O)c1c[nH]c2cc(N3CCN(C(=O)OC)CC3)c(F)cc2c1=O. The number of hydrogen-bond acceptors (Lipinski definition) is 6. The largest absolute Gasteiger partial charge is 0.462 e. The number of piperazine rings is 1. The highest BCUT2D eigenvalue weighted by Gasteiger charge is 2.24. The number of aromatic nitrogens is 1. The summed E-state index contributed by atoms with van der Waals surface area (Å²) in [6.45, 7) is 3.45. The van der Waals surface area contributed by atoms with Crippen molar-refractivity contribution in [1.82, 2.24) is 9.88 Å². The first-order valence-electron chi connectivity index (χ1n) is 8.56. The van der Waals surface area contributed by atoms with Crippen LogP contribution in [-0.2, 0) is 9.47 Å². The number of hydrogen-bond donors (Lipinski definition) is 1. The fraction of sp³-hybridized carbons (Fsp3) is 0.389. The lowest BCUT2D eigenvalue weighted by Crippen LogP contribution is -2.49. The minimum Gasteiger partial charge on any atom is -0.462 e. The maximum absolute atomic E-state index is 14.7. The van der Waals surface area contributed by atoms with Crippen LogP contribution in [0, 0.1) is 5.82 Å². The van der Waals surface area contributed by atoms with Crippen LogP contribution in [-0.4, -0.2) is 61.8 Å². The van der Waals surface area contributed by atoms with E-state index in [-0.39, 0.29) is 17.6 Å². The van der Waals surface area contributed by atoms with Gasteiger partial charge in [-0.05, 0) is 19.1 Å².